The summed E-state index contributed by atoms with van der Waals surface area (Å²) in [5.74, 6) is 2.64. The molecule has 276 valence electrons. The maximum absolute atomic E-state index is 6.62. The molecule has 0 saturated heterocycles. The van der Waals surface area contributed by atoms with Crippen LogP contribution in [0.3, 0.4) is 0 Å². The number of aromatic nitrogens is 5. The molecule has 0 aliphatic rings. The molecule has 0 amide bonds. The monoisotopic (exact) mass is 773 g/mol. The van der Waals surface area contributed by atoms with Crippen molar-refractivity contribution in [3.8, 4) is 62.4 Å². The van der Waals surface area contributed by atoms with Gasteiger partial charge in [-0.2, -0.15) is 0 Å². The van der Waals surface area contributed by atoms with Crippen LogP contribution < -0.4 is 0 Å². The molecular weight excluding hydrogens is 743 g/mol. The highest BCUT2D eigenvalue weighted by molar-refractivity contribution is 7.26. The summed E-state index contributed by atoms with van der Waals surface area (Å²) in [4.78, 5) is 20.4. The Bertz CT molecular complexity index is 3550. The quantitative estimate of drug-likeness (QED) is 0.168. The van der Waals surface area contributed by atoms with Crippen molar-refractivity contribution in [2.45, 2.75) is 0 Å². The predicted octanol–water partition coefficient (Wildman–Crippen LogP) is 13.8. The molecule has 59 heavy (non-hydrogen) atoms. The minimum atomic E-state index is 0.580. The number of benzene rings is 8. The van der Waals surface area contributed by atoms with Crippen LogP contribution in [0.2, 0.25) is 0 Å². The van der Waals surface area contributed by atoms with Crippen LogP contribution in [0.5, 0.6) is 0 Å². The Morgan fingerprint density at radius 2 is 1.07 bits per heavy atom. The Morgan fingerprint density at radius 3 is 1.92 bits per heavy atom. The van der Waals surface area contributed by atoms with E-state index in [1.807, 2.05) is 65.9 Å². The normalized spacial score (nSPS) is 11.7. The van der Waals surface area contributed by atoms with E-state index in [9.17, 15) is 0 Å². The van der Waals surface area contributed by atoms with Crippen LogP contribution in [0, 0.1) is 0 Å². The fourth-order valence-electron chi connectivity index (χ4n) is 8.32. The molecule has 8 aromatic carbocycles. The highest BCUT2D eigenvalue weighted by Gasteiger charge is 2.20. The van der Waals surface area contributed by atoms with Gasteiger partial charge in [0.05, 0.1) is 11.0 Å². The number of rotatable bonds is 6. The van der Waals surface area contributed by atoms with Crippen molar-refractivity contribution in [2.24, 2.45) is 0 Å². The first-order valence-electron chi connectivity index (χ1n) is 19.5. The summed E-state index contributed by atoms with van der Waals surface area (Å²) in [7, 11) is 0. The summed E-state index contributed by atoms with van der Waals surface area (Å²) < 4.78 is 11.4. The summed E-state index contributed by atoms with van der Waals surface area (Å²) in [6, 6.07) is 64.9. The van der Waals surface area contributed by atoms with Gasteiger partial charge in [-0.25, -0.2) is 19.9 Å². The SMILES string of the molecule is c1ccc(-c2nc(-c3ccc(-c4cccc5c4sc4ccccc45)cc3)nc(-c3cccc4oc5cc(-c6nc7ccccc7n6-c6ccccc6)ccc5c34)n2)cc1. The molecule has 0 spiro atoms. The average molecular weight is 774 g/mol. The number of para-hydroxylation sites is 3. The fourth-order valence-corrected chi connectivity index (χ4v) is 9.56. The van der Waals surface area contributed by atoms with E-state index in [0.717, 1.165) is 72.3 Å². The molecule has 0 unspecified atom stereocenters. The van der Waals surface area contributed by atoms with Gasteiger partial charge in [0.1, 0.15) is 17.0 Å². The van der Waals surface area contributed by atoms with Gasteiger partial charge in [0.2, 0.25) is 0 Å². The molecule has 0 radical (unpaired) electrons. The van der Waals surface area contributed by atoms with Gasteiger partial charge in [-0.15, -0.1) is 11.3 Å². The first-order valence-corrected chi connectivity index (χ1v) is 20.4. The molecule has 0 atom stereocenters. The van der Waals surface area contributed by atoms with E-state index < -0.39 is 0 Å². The van der Waals surface area contributed by atoms with Gasteiger partial charge in [0.25, 0.3) is 0 Å². The van der Waals surface area contributed by atoms with Crippen LogP contribution in [0.25, 0.3) is 116 Å². The van der Waals surface area contributed by atoms with Crippen LogP contribution in [0.4, 0.5) is 0 Å². The van der Waals surface area contributed by atoms with Crippen molar-refractivity contribution >= 4 is 64.5 Å². The standard InChI is InChI=1S/C52H31N5OS/c1-3-13-33(14-4-1)49-54-50(34-27-25-32(26-28-34)37-18-11-19-39-38-17-7-10-24-46(38)59-48(37)39)56-51(55-49)41-20-12-23-44-47(41)40-30-29-35(31-45(40)58-44)52-53-42-21-8-9-22-43(42)57(52)36-15-5-2-6-16-36/h1-31H. The Labute approximate surface area is 342 Å². The Morgan fingerprint density at radius 1 is 0.424 bits per heavy atom. The van der Waals surface area contributed by atoms with Crippen LogP contribution in [0.1, 0.15) is 0 Å². The third kappa shape index (κ3) is 5.55. The Hall–Kier alpha value is -7.74. The number of hydrogen-bond acceptors (Lipinski definition) is 6. The van der Waals surface area contributed by atoms with Crippen molar-refractivity contribution in [1.29, 1.82) is 0 Å². The largest absolute Gasteiger partial charge is 0.456 e. The summed E-state index contributed by atoms with van der Waals surface area (Å²) >= 11 is 1.84. The van der Waals surface area contributed by atoms with Crippen molar-refractivity contribution in [2.75, 3.05) is 0 Å². The number of thiophene rings is 1. The second-order valence-corrected chi connectivity index (χ2v) is 15.7. The lowest BCUT2D eigenvalue weighted by atomic mass is 10.0. The minimum absolute atomic E-state index is 0.580. The molecule has 0 bridgehead atoms. The summed E-state index contributed by atoms with van der Waals surface area (Å²) in [6.45, 7) is 0. The summed E-state index contributed by atoms with van der Waals surface area (Å²) in [6.07, 6.45) is 0. The van der Waals surface area contributed by atoms with Crippen molar-refractivity contribution in [3.05, 3.63) is 188 Å². The fraction of sp³-hybridized carbons (Fsp3) is 0. The van der Waals surface area contributed by atoms with Crippen molar-refractivity contribution in [3.63, 3.8) is 0 Å². The molecule has 0 aliphatic heterocycles. The lowest BCUT2D eigenvalue weighted by Gasteiger charge is -2.10. The molecule has 12 aromatic rings. The minimum Gasteiger partial charge on any atom is -0.456 e. The zero-order valence-corrected chi connectivity index (χ0v) is 32.3. The first-order chi connectivity index (χ1) is 29.2. The second-order valence-electron chi connectivity index (χ2n) is 14.6. The number of fused-ring (bicyclic) bond motifs is 7. The van der Waals surface area contributed by atoms with Gasteiger partial charge >= 0.3 is 0 Å². The highest BCUT2D eigenvalue weighted by Crippen LogP contribution is 2.41. The highest BCUT2D eigenvalue weighted by atomic mass is 32.1. The van der Waals surface area contributed by atoms with E-state index >= 15 is 0 Å². The van der Waals surface area contributed by atoms with Gasteiger partial charge < -0.3 is 4.42 Å². The molecule has 0 aliphatic carbocycles. The van der Waals surface area contributed by atoms with Gasteiger partial charge in [-0.05, 0) is 59.7 Å². The lowest BCUT2D eigenvalue weighted by molar-refractivity contribution is 0.669. The van der Waals surface area contributed by atoms with Gasteiger partial charge in [-0.3, -0.25) is 4.57 Å². The average Bonchev–Trinajstić information content (AvgIpc) is 4.01. The summed E-state index contributed by atoms with van der Waals surface area (Å²) in [5.41, 5.74) is 10.6. The second kappa shape index (κ2) is 13.4. The van der Waals surface area contributed by atoms with Gasteiger partial charge in [-0.1, -0.05) is 140 Å². The van der Waals surface area contributed by atoms with E-state index in [1.165, 1.54) is 25.7 Å². The molecule has 4 aromatic heterocycles. The van der Waals surface area contributed by atoms with Crippen LogP contribution in [-0.2, 0) is 0 Å². The van der Waals surface area contributed by atoms with Crippen LogP contribution >= 0.6 is 11.3 Å². The van der Waals surface area contributed by atoms with Gasteiger partial charge in [0.15, 0.2) is 17.5 Å². The zero-order valence-electron chi connectivity index (χ0n) is 31.5. The maximum atomic E-state index is 6.62. The Balaban J connectivity index is 0.985. The van der Waals surface area contributed by atoms with E-state index in [2.05, 4.69) is 138 Å². The lowest BCUT2D eigenvalue weighted by Crippen LogP contribution is -2.00. The van der Waals surface area contributed by atoms with E-state index in [4.69, 9.17) is 24.4 Å². The third-order valence-corrected chi connectivity index (χ3v) is 12.3. The molecule has 0 saturated carbocycles. The van der Waals surface area contributed by atoms with E-state index in [0.29, 0.717) is 17.5 Å². The third-order valence-electron chi connectivity index (χ3n) is 11.1. The molecule has 0 N–H and O–H groups in total. The molecule has 4 heterocycles. The topological polar surface area (TPSA) is 69.6 Å². The van der Waals surface area contributed by atoms with E-state index in [-0.39, 0.29) is 0 Å². The smallest absolute Gasteiger partial charge is 0.164 e. The number of furan rings is 1. The molecule has 7 heteroatoms. The molecule has 6 nitrogen and oxygen atoms in total. The number of nitrogens with zero attached hydrogens (tertiary/aromatic N) is 5. The van der Waals surface area contributed by atoms with Crippen molar-refractivity contribution < 1.29 is 4.42 Å². The van der Waals surface area contributed by atoms with Crippen molar-refractivity contribution in [1.82, 2.24) is 24.5 Å². The van der Waals surface area contributed by atoms with Crippen LogP contribution in [-0.4, -0.2) is 24.5 Å². The summed E-state index contributed by atoms with van der Waals surface area (Å²) in [5, 5.41) is 4.51. The predicted molar refractivity (Wildman–Crippen MR) is 242 cm³/mol. The zero-order chi connectivity index (χ0) is 38.9. The molecule has 0 fully saturated rings. The first kappa shape index (κ1) is 33.4. The van der Waals surface area contributed by atoms with E-state index in [1.54, 1.807) is 0 Å². The maximum Gasteiger partial charge on any atom is 0.164 e. The number of imidazole rings is 1. The van der Waals surface area contributed by atoms with Crippen LogP contribution in [0.15, 0.2) is 192 Å². The molecule has 12 rings (SSSR count). The van der Waals surface area contributed by atoms with Gasteiger partial charge in [0, 0.05) is 58.9 Å². The molecular formula is C52H31N5OS. The Kier molecular flexibility index (Phi) is 7.61. The number of hydrogen-bond donors (Lipinski definition) is 0.